The van der Waals surface area contributed by atoms with Crippen molar-refractivity contribution < 1.29 is 63.8 Å². The minimum absolute atomic E-state index is 0.00702. The lowest BCUT2D eigenvalue weighted by Crippen LogP contribution is -2.56. The number of carbonyl (C=O) groups excluding carboxylic acids is 3. The molecule has 3 aliphatic rings. The van der Waals surface area contributed by atoms with Crippen molar-refractivity contribution in [2.24, 2.45) is 11.8 Å². The van der Waals surface area contributed by atoms with Gasteiger partial charge in [-0.15, -0.1) is 0 Å². The number of quaternary nitrogens is 1. The summed E-state index contributed by atoms with van der Waals surface area (Å²) in [6.45, 7) is 3.36. The molecular formula is C38H40F8N8O5. The maximum Gasteiger partial charge on any atom is 0.430 e. The van der Waals surface area contributed by atoms with Crippen LogP contribution in [0.15, 0.2) is 48.9 Å². The van der Waals surface area contributed by atoms with Gasteiger partial charge in [0.15, 0.2) is 23.0 Å². The standard InChI is InChI=1S/C36H39F5N8O3.C2HF3O2/c1-49(21-22-6-9-42-19-22)16-7-23(8-17-49)34(50)46-12-14-47(15-13-46)35(51)25-3-2-24(18-27(25)37)45-32-33-44-20-28(48(33)11-10-43-32)26-4-5-29(52-36(40)41)31(39)30(26)38;3-2(4,5)1(6)7/h2-5,10-11,18,20,22-23,36,42H,6-9,12-17,19,21H2,1H3;(H,6,7). The highest BCUT2D eigenvalue weighted by Crippen LogP contribution is 2.33. The Labute approximate surface area is 332 Å². The molecule has 2 aromatic heterocycles. The largest absolute Gasteiger partial charge is 0.542 e. The summed E-state index contributed by atoms with van der Waals surface area (Å²) in [6, 6.07) is 6.02. The van der Waals surface area contributed by atoms with Crippen LogP contribution in [0.3, 0.4) is 0 Å². The number of ether oxygens (including phenoxy) is 1. The van der Waals surface area contributed by atoms with Crippen molar-refractivity contribution in [3.05, 3.63) is 71.9 Å². The fourth-order valence-electron chi connectivity index (χ4n) is 7.70. The number of imidazole rings is 1. The number of amides is 2. The topological polar surface area (TPSA) is 144 Å². The summed E-state index contributed by atoms with van der Waals surface area (Å²) >= 11 is 0. The van der Waals surface area contributed by atoms with Gasteiger partial charge in [-0.3, -0.25) is 14.0 Å². The van der Waals surface area contributed by atoms with E-state index in [4.69, 9.17) is 9.90 Å². The van der Waals surface area contributed by atoms with Crippen LogP contribution in [0.25, 0.3) is 16.9 Å². The Hall–Kier alpha value is -5.57. The van der Waals surface area contributed by atoms with Crippen molar-refractivity contribution in [2.45, 2.75) is 32.1 Å². The van der Waals surface area contributed by atoms with Crippen LogP contribution in [0.2, 0.25) is 0 Å². The molecule has 1 atom stereocenters. The number of aromatic nitrogens is 3. The van der Waals surface area contributed by atoms with Gasteiger partial charge in [0.2, 0.25) is 11.7 Å². The number of benzene rings is 2. The number of hydrogen-bond donors (Lipinski definition) is 2. The SMILES string of the molecule is C[N+]1(CC2CCNC2)CCC(C(=O)N2CCN(C(=O)c3ccc(Nc4nccn5c(-c6ccc(OC(F)F)c(F)c6F)cnc45)cc3F)CC2)CC1.O=C([O-])C(F)(F)F. The smallest absolute Gasteiger partial charge is 0.430 e. The fourth-order valence-corrected chi connectivity index (χ4v) is 7.70. The molecule has 59 heavy (non-hydrogen) atoms. The number of fused-ring (bicyclic) bond motifs is 1. The van der Waals surface area contributed by atoms with Crippen LogP contribution >= 0.6 is 0 Å². The molecule has 318 valence electrons. The molecule has 4 aromatic rings. The van der Waals surface area contributed by atoms with Crippen LogP contribution in [0.5, 0.6) is 5.75 Å². The van der Waals surface area contributed by atoms with Gasteiger partial charge >= 0.3 is 12.8 Å². The second kappa shape index (κ2) is 17.7. The van der Waals surface area contributed by atoms with E-state index in [0.717, 1.165) is 68.2 Å². The van der Waals surface area contributed by atoms with Crippen molar-refractivity contribution in [2.75, 3.05) is 71.3 Å². The maximum absolute atomic E-state index is 15.4. The fraction of sp³-hybridized carbons (Fsp3) is 0.447. The summed E-state index contributed by atoms with van der Waals surface area (Å²) in [5, 5.41) is 15.2. The number of hydrogen-bond acceptors (Lipinski definition) is 9. The number of carbonyl (C=O) groups is 3. The van der Waals surface area contributed by atoms with Gasteiger partial charge < -0.3 is 39.6 Å². The van der Waals surface area contributed by atoms with E-state index >= 15 is 4.39 Å². The lowest BCUT2D eigenvalue weighted by atomic mass is 9.92. The lowest BCUT2D eigenvalue weighted by Gasteiger charge is -2.43. The van der Waals surface area contributed by atoms with Gasteiger partial charge in [0.25, 0.3) is 5.91 Å². The van der Waals surface area contributed by atoms with Gasteiger partial charge in [-0.1, -0.05) is 0 Å². The molecule has 0 saturated carbocycles. The second-order valence-corrected chi connectivity index (χ2v) is 14.8. The van der Waals surface area contributed by atoms with E-state index in [9.17, 15) is 40.3 Å². The van der Waals surface area contributed by atoms with Gasteiger partial charge in [-0.2, -0.15) is 26.3 Å². The molecule has 0 radical (unpaired) electrons. The molecule has 0 spiro atoms. The zero-order chi connectivity index (χ0) is 42.6. The molecule has 2 aromatic carbocycles. The Morgan fingerprint density at radius 2 is 1.66 bits per heavy atom. The number of nitrogens with one attached hydrogen (secondary N) is 2. The van der Waals surface area contributed by atoms with Gasteiger partial charge in [0.05, 0.1) is 44.1 Å². The van der Waals surface area contributed by atoms with Crippen molar-refractivity contribution in [1.82, 2.24) is 29.5 Å². The number of halogens is 8. The zero-order valence-electron chi connectivity index (χ0n) is 31.6. The average Bonchev–Trinajstić information content (AvgIpc) is 3.87. The number of anilines is 2. The molecule has 5 heterocycles. The van der Waals surface area contributed by atoms with E-state index < -0.39 is 47.9 Å². The van der Waals surface area contributed by atoms with Crippen LogP contribution in [-0.4, -0.2) is 125 Å². The van der Waals surface area contributed by atoms with E-state index in [-0.39, 0.29) is 45.8 Å². The van der Waals surface area contributed by atoms with E-state index in [2.05, 4.69) is 32.4 Å². The number of carboxylic acids is 1. The van der Waals surface area contributed by atoms with Gasteiger partial charge in [-0.05, 0) is 43.3 Å². The lowest BCUT2D eigenvalue weighted by molar-refractivity contribution is -0.917. The third-order valence-corrected chi connectivity index (χ3v) is 10.8. The van der Waals surface area contributed by atoms with Gasteiger partial charge in [-0.25, -0.2) is 18.7 Å². The summed E-state index contributed by atoms with van der Waals surface area (Å²) in [5.74, 6) is -7.16. The van der Waals surface area contributed by atoms with E-state index in [1.807, 2.05) is 4.90 Å². The first-order valence-electron chi connectivity index (χ1n) is 18.7. The number of piperazine rings is 1. The zero-order valence-corrected chi connectivity index (χ0v) is 31.6. The molecular weight excluding hydrogens is 800 g/mol. The number of alkyl halides is 5. The minimum atomic E-state index is -5.19. The molecule has 1 unspecified atom stereocenters. The normalized spacial score (nSPS) is 21.0. The molecule has 3 fully saturated rings. The van der Waals surface area contributed by atoms with Crippen LogP contribution in [0.1, 0.15) is 29.6 Å². The summed E-state index contributed by atoms with van der Waals surface area (Å²) < 4.78 is 108. The van der Waals surface area contributed by atoms with E-state index in [0.29, 0.717) is 32.1 Å². The molecule has 0 bridgehead atoms. The molecule has 7 rings (SSSR count). The Morgan fingerprint density at radius 1 is 0.983 bits per heavy atom. The summed E-state index contributed by atoms with van der Waals surface area (Å²) in [4.78, 5) is 47.4. The Balaban J connectivity index is 0.000000768. The molecule has 2 amide bonds. The Bertz CT molecular complexity index is 2170. The monoisotopic (exact) mass is 840 g/mol. The highest BCUT2D eigenvalue weighted by Gasteiger charge is 2.38. The second-order valence-electron chi connectivity index (χ2n) is 14.8. The number of nitrogens with zero attached hydrogens (tertiary/aromatic N) is 6. The average molecular weight is 841 g/mol. The molecule has 3 saturated heterocycles. The minimum Gasteiger partial charge on any atom is -0.542 e. The third kappa shape index (κ3) is 10.0. The molecule has 13 nitrogen and oxygen atoms in total. The van der Waals surface area contributed by atoms with Crippen LogP contribution in [0.4, 0.5) is 46.6 Å². The summed E-state index contributed by atoms with van der Waals surface area (Å²) in [6.07, 6.45) is 1.80. The van der Waals surface area contributed by atoms with Gasteiger partial charge in [0.1, 0.15) is 11.8 Å². The molecule has 21 heteroatoms. The van der Waals surface area contributed by atoms with Crippen molar-refractivity contribution in [3.63, 3.8) is 0 Å². The summed E-state index contributed by atoms with van der Waals surface area (Å²) in [5.41, 5.74) is 0.163. The first-order chi connectivity index (χ1) is 27.9. The van der Waals surface area contributed by atoms with Crippen LogP contribution in [-0.2, 0) is 9.59 Å². The van der Waals surface area contributed by atoms with Crippen molar-refractivity contribution >= 4 is 34.9 Å². The van der Waals surface area contributed by atoms with Crippen molar-refractivity contribution in [3.8, 4) is 17.0 Å². The predicted octanol–water partition coefficient (Wildman–Crippen LogP) is 4.21. The quantitative estimate of drug-likeness (QED) is 0.187. The van der Waals surface area contributed by atoms with E-state index in [1.165, 1.54) is 41.5 Å². The molecule has 0 aliphatic carbocycles. The number of aliphatic carboxylic acids is 1. The number of piperidine rings is 1. The third-order valence-electron chi connectivity index (χ3n) is 10.8. The molecule has 2 N–H and O–H groups in total. The molecule has 3 aliphatic heterocycles. The van der Waals surface area contributed by atoms with Gasteiger partial charge in [0, 0.05) is 81.0 Å². The van der Waals surface area contributed by atoms with E-state index in [1.54, 1.807) is 4.90 Å². The number of likely N-dealkylation sites (tertiary alicyclic amines) is 1. The first kappa shape index (κ1) is 43.0. The first-order valence-corrected chi connectivity index (χ1v) is 18.7. The number of carboxylic acid groups (broad SMARTS) is 1. The summed E-state index contributed by atoms with van der Waals surface area (Å²) in [7, 11) is 2.30. The van der Waals surface area contributed by atoms with Crippen LogP contribution < -0.4 is 20.5 Å². The maximum atomic E-state index is 15.4. The predicted molar refractivity (Wildman–Crippen MR) is 193 cm³/mol. The highest BCUT2D eigenvalue weighted by atomic mass is 19.4. The Morgan fingerprint density at radius 3 is 2.27 bits per heavy atom. The van der Waals surface area contributed by atoms with Crippen molar-refractivity contribution in [1.29, 1.82) is 0 Å². The highest BCUT2D eigenvalue weighted by molar-refractivity contribution is 5.95. The Kier molecular flexibility index (Phi) is 12.9. The van der Waals surface area contributed by atoms with Crippen LogP contribution in [0, 0.1) is 29.3 Å². The number of rotatable bonds is 9.